The number of halogens is 2. The van der Waals surface area contributed by atoms with E-state index in [1.165, 1.54) is 13.2 Å². The summed E-state index contributed by atoms with van der Waals surface area (Å²) in [6.45, 7) is 3.26. The minimum absolute atomic E-state index is 0.0851. The molecular weight excluding hydrogens is 458 g/mol. The topological polar surface area (TPSA) is 89.0 Å². The first-order chi connectivity index (χ1) is 17.0. The third-order valence-corrected chi connectivity index (χ3v) is 6.57. The Balaban J connectivity index is 1.18. The van der Waals surface area contributed by atoms with Gasteiger partial charge in [0.1, 0.15) is 30.3 Å². The first-order valence-corrected chi connectivity index (χ1v) is 11.7. The normalized spacial score (nSPS) is 20.2. The number of ether oxygens (including phenoxy) is 3. The van der Waals surface area contributed by atoms with Gasteiger partial charge in [-0.3, -0.25) is 9.97 Å². The van der Waals surface area contributed by atoms with E-state index in [-0.39, 0.29) is 11.6 Å². The van der Waals surface area contributed by atoms with Gasteiger partial charge in [0.15, 0.2) is 17.3 Å². The van der Waals surface area contributed by atoms with E-state index in [1.807, 2.05) is 6.07 Å². The van der Waals surface area contributed by atoms with Gasteiger partial charge in [0.25, 0.3) is 0 Å². The number of pyridine rings is 2. The van der Waals surface area contributed by atoms with Crippen molar-refractivity contribution >= 4 is 10.9 Å². The Labute approximate surface area is 201 Å². The summed E-state index contributed by atoms with van der Waals surface area (Å²) in [6.07, 6.45) is 3.23. The van der Waals surface area contributed by atoms with Gasteiger partial charge in [-0.1, -0.05) is 0 Å². The van der Waals surface area contributed by atoms with E-state index < -0.39 is 17.7 Å². The Kier molecular flexibility index (Phi) is 6.94. The third kappa shape index (κ3) is 5.14. The van der Waals surface area contributed by atoms with Crippen LogP contribution in [0.1, 0.15) is 17.7 Å². The number of likely N-dealkylation sites (tertiary alicyclic amines) is 1. The maximum Gasteiger partial charge on any atom is 0.179 e. The zero-order chi connectivity index (χ0) is 24.4. The maximum absolute atomic E-state index is 14.6. The Morgan fingerprint density at radius 1 is 1.11 bits per heavy atom. The molecule has 2 aromatic heterocycles. The molecule has 1 aromatic carbocycles. The molecular formula is C25H28F2N4O4. The van der Waals surface area contributed by atoms with Gasteiger partial charge < -0.3 is 29.5 Å². The number of hydrogen-bond donors (Lipinski definition) is 2. The van der Waals surface area contributed by atoms with Gasteiger partial charge in [0.05, 0.1) is 31.3 Å². The summed E-state index contributed by atoms with van der Waals surface area (Å²) in [5, 5.41) is 14.5. The molecule has 4 heterocycles. The molecule has 0 aliphatic carbocycles. The molecule has 2 unspecified atom stereocenters. The van der Waals surface area contributed by atoms with Crippen molar-refractivity contribution in [1.29, 1.82) is 0 Å². The second kappa shape index (κ2) is 10.3. The smallest absolute Gasteiger partial charge is 0.179 e. The maximum atomic E-state index is 14.6. The summed E-state index contributed by atoms with van der Waals surface area (Å²) < 4.78 is 45.2. The largest absolute Gasteiger partial charge is 0.497 e. The second-order valence-corrected chi connectivity index (χ2v) is 8.80. The molecule has 2 atom stereocenters. The van der Waals surface area contributed by atoms with E-state index in [0.717, 1.165) is 24.9 Å². The standard InChI is InChI=1S/C25H28F2N4O4/c1-33-16-9-18-17(20(27)12-30-25(18)19(26)10-16)2-4-31-5-3-21(22(32)14-31)29-11-15-8-23-24(13-28-15)35-7-6-34-23/h8-10,12-13,21-22,29,32H,2-7,11,14H2,1H3. The van der Waals surface area contributed by atoms with E-state index >= 15 is 0 Å². The average molecular weight is 487 g/mol. The fourth-order valence-electron chi connectivity index (χ4n) is 4.67. The number of hydrogen-bond acceptors (Lipinski definition) is 8. The molecule has 1 saturated heterocycles. The first kappa shape index (κ1) is 23.7. The number of rotatable bonds is 7. The number of nitrogens with zero attached hydrogens (tertiary/aromatic N) is 3. The molecule has 3 aromatic rings. The van der Waals surface area contributed by atoms with Crippen LogP contribution in [0.5, 0.6) is 17.2 Å². The van der Waals surface area contributed by atoms with Crippen molar-refractivity contribution < 1.29 is 28.1 Å². The van der Waals surface area contributed by atoms with Crippen molar-refractivity contribution in [3.63, 3.8) is 0 Å². The Bertz CT molecular complexity index is 1210. The van der Waals surface area contributed by atoms with Crippen LogP contribution in [0, 0.1) is 11.6 Å². The molecule has 10 heteroatoms. The van der Waals surface area contributed by atoms with E-state index in [2.05, 4.69) is 20.2 Å². The lowest BCUT2D eigenvalue weighted by Gasteiger charge is -2.36. The fourth-order valence-corrected chi connectivity index (χ4v) is 4.67. The minimum atomic E-state index is -0.586. The van der Waals surface area contributed by atoms with Gasteiger partial charge in [-0.2, -0.15) is 0 Å². The lowest BCUT2D eigenvalue weighted by atomic mass is 10.00. The second-order valence-electron chi connectivity index (χ2n) is 8.80. The highest BCUT2D eigenvalue weighted by molar-refractivity contribution is 5.84. The fraction of sp³-hybridized carbons (Fsp3) is 0.440. The van der Waals surface area contributed by atoms with Crippen LogP contribution in [0.3, 0.4) is 0 Å². The molecule has 2 aliphatic heterocycles. The third-order valence-electron chi connectivity index (χ3n) is 6.57. The van der Waals surface area contributed by atoms with Crippen molar-refractivity contribution in [2.45, 2.75) is 31.5 Å². The molecule has 0 amide bonds. The van der Waals surface area contributed by atoms with E-state index in [4.69, 9.17) is 14.2 Å². The van der Waals surface area contributed by atoms with Crippen LogP contribution in [0.25, 0.3) is 10.9 Å². The van der Waals surface area contributed by atoms with Crippen molar-refractivity contribution in [1.82, 2.24) is 20.2 Å². The molecule has 1 fully saturated rings. The van der Waals surface area contributed by atoms with Crippen molar-refractivity contribution in [2.75, 3.05) is 40.0 Å². The van der Waals surface area contributed by atoms with Crippen LogP contribution < -0.4 is 19.5 Å². The van der Waals surface area contributed by atoms with E-state index in [1.54, 1.807) is 12.3 Å². The highest BCUT2D eigenvalue weighted by Gasteiger charge is 2.28. The molecule has 0 radical (unpaired) electrons. The highest BCUT2D eigenvalue weighted by atomic mass is 19.1. The molecule has 186 valence electrons. The molecule has 0 spiro atoms. The number of aromatic nitrogens is 2. The van der Waals surface area contributed by atoms with Crippen LogP contribution in [0.2, 0.25) is 0 Å². The van der Waals surface area contributed by atoms with Crippen molar-refractivity contribution in [3.05, 3.63) is 53.5 Å². The SMILES string of the molecule is COc1cc(F)c2ncc(F)c(CCN3CCC(NCc4cc5c(cn4)OCCO5)C(O)C3)c2c1. The predicted octanol–water partition coefficient (Wildman–Crippen LogP) is 2.46. The number of β-amino-alcohol motifs (C(OH)–C–C–N with tert-alkyl or cyclic N) is 1. The van der Waals surface area contributed by atoms with Crippen LogP contribution >= 0.6 is 0 Å². The zero-order valence-electron chi connectivity index (χ0n) is 19.5. The lowest BCUT2D eigenvalue weighted by molar-refractivity contribution is 0.0402. The van der Waals surface area contributed by atoms with E-state index in [0.29, 0.717) is 67.5 Å². The highest BCUT2D eigenvalue weighted by Crippen LogP contribution is 2.30. The Morgan fingerprint density at radius 3 is 2.74 bits per heavy atom. The molecule has 8 nitrogen and oxygen atoms in total. The number of aliphatic hydroxyl groups is 1. The molecule has 35 heavy (non-hydrogen) atoms. The van der Waals surface area contributed by atoms with E-state index in [9.17, 15) is 13.9 Å². The predicted molar refractivity (Wildman–Crippen MR) is 125 cm³/mol. The number of nitrogens with one attached hydrogen (secondary N) is 1. The molecule has 2 N–H and O–H groups in total. The summed E-state index contributed by atoms with van der Waals surface area (Å²) in [7, 11) is 1.44. The lowest BCUT2D eigenvalue weighted by Crippen LogP contribution is -2.52. The summed E-state index contributed by atoms with van der Waals surface area (Å²) in [4.78, 5) is 10.4. The van der Waals surface area contributed by atoms with Gasteiger partial charge in [-0.05, 0) is 25.5 Å². The minimum Gasteiger partial charge on any atom is -0.497 e. The average Bonchev–Trinajstić information content (AvgIpc) is 2.87. The summed E-state index contributed by atoms with van der Waals surface area (Å²) in [6, 6.07) is 4.62. The molecule has 0 saturated carbocycles. The molecule has 0 bridgehead atoms. The Morgan fingerprint density at radius 2 is 1.94 bits per heavy atom. The number of piperidine rings is 1. The van der Waals surface area contributed by atoms with Gasteiger partial charge in [0, 0.05) is 48.8 Å². The zero-order valence-corrected chi connectivity index (χ0v) is 19.5. The first-order valence-electron chi connectivity index (χ1n) is 11.7. The van der Waals surface area contributed by atoms with Gasteiger partial charge in [-0.25, -0.2) is 8.78 Å². The van der Waals surface area contributed by atoms with Crippen LogP contribution in [0.4, 0.5) is 8.78 Å². The van der Waals surface area contributed by atoms with Crippen molar-refractivity contribution in [3.8, 4) is 17.2 Å². The molecule has 2 aliphatic rings. The number of methoxy groups -OCH3 is 1. The number of benzene rings is 1. The number of aliphatic hydroxyl groups excluding tert-OH is 1. The quantitative estimate of drug-likeness (QED) is 0.527. The van der Waals surface area contributed by atoms with Gasteiger partial charge in [0.2, 0.25) is 0 Å². The molecule has 5 rings (SSSR count). The summed E-state index contributed by atoms with van der Waals surface area (Å²) in [5.74, 6) is 0.628. The Hall–Kier alpha value is -3.08. The summed E-state index contributed by atoms with van der Waals surface area (Å²) in [5.41, 5.74) is 1.33. The number of fused-ring (bicyclic) bond motifs is 2. The summed E-state index contributed by atoms with van der Waals surface area (Å²) >= 11 is 0. The van der Waals surface area contributed by atoms with Crippen LogP contribution in [0.15, 0.2) is 30.6 Å². The van der Waals surface area contributed by atoms with Crippen LogP contribution in [-0.2, 0) is 13.0 Å². The van der Waals surface area contributed by atoms with Crippen LogP contribution in [-0.4, -0.2) is 72.1 Å². The van der Waals surface area contributed by atoms with Gasteiger partial charge >= 0.3 is 0 Å². The monoisotopic (exact) mass is 486 g/mol. The van der Waals surface area contributed by atoms with Gasteiger partial charge in [-0.15, -0.1) is 0 Å². The van der Waals surface area contributed by atoms with Crippen molar-refractivity contribution in [2.24, 2.45) is 0 Å².